The molecule has 2 saturated heterocycles. The van der Waals surface area contributed by atoms with Crippen LogP contribution >= 0.6 is 0 Å². The van der Waals surface area contributed by atoms with Crippen LogP contribution in [0.15, 0.2) is 0 Å². The van der Waals surface area contributed by atoms with Crippen LogP contribution < -0.4 is 10.6 Å². The fourth-order valence-corrected chi connectivity index (χ4v) is 3.34. The molecular weight excluding hydrogens is 268 g/mol. The molecule has 1 unspecified atom stereocenters. The van der Waals surface area contributed by atoms with Crippen LogP contribution in [0.25, 0.3) is 0 Å². The molecule has 1 atom stereocenters. The highest BCUT2D eigenvalue weighted by atomic mass is 16.5. The lowest BCUT2D eigenvalue weighted by molar-refractivity contribution is -0.123. The summed E-state index contributed by atoms with van der Waals surface area (Å²) in [5, 5.41) is 6.48. The number of amides is 1. The Morgan fingerprint density at radius 1 is 1.38 bits per heavy atom. The van der Waals surface area contributed by atoms with Gasteiger partial charge in [0.2, 0.25) is 5.91 Å². The second-order valence-electron chi connectivity index (χ2n) is 6.49. The molecule has 0 aromatic heterocycles. The highest BCUT2D eigenvalue weighted by molar-refractivity contribution is 5.75. The number of methoxy groups -OCH3 is 1. The Morgan fingerprint density at radius 3 is 2.86 bits per heavy atom. The number of hydrogen-bond acceptors (Lipinski definition) is 4. The van der Waals surface area contributed by atoms with Gasteiger partial charge in [-0.05, 0) is 51.6 Å². The lowest BCUT2D eigenvalue weighted by Crippen LogP contribution is -2.47. The summed E-state index contributed by atoms with van der Waals surface area (Å²) in [6, 6.07) is 0. The van der Waals surface area contributed by atoms with E-state index in [4.69, 9.17) is 9.47 Å². The largest absolute Gasteiger partial charge is 0.384 e. The van der Waals surface area contributed by atoms with Crippen molar-refractivity contribution >= 4 is 5.91 Å². The van der Waals surface area contributed by atoms with E-state index in [1.165, 1.54) is 6.42 Å². The maximum Gasteiger partial charge on any atom is 0.220 e. The van der Waals surface area contributed by atoms with E-state index in [0.717, 1.165) is 65.0 Å². The first-order valence-electron chi connectivity index (χ1n) is 8.32. The van der Waals surface area contributed by atoms with Gasteiger partial charge in [0.05, 0.1) is 12.7 Å². The first-order chi connectivity index (χ1) is 10.2. The van der Waals surface area contributed by atoms with Crippen LogP contribution in [0.5, 0.6) is 0 Å². The Morgan fingerprint density at radius 2 is 2.19 bits per heavy atom. The second-order valence-corrected chi connectivity index (χ2v) is 6.49. The first-order valence-corrected chi connectivity index (χ1v) is 8.32. The van der Waals surface area contributed by atoms with Gasteiger partial charge < -0.3 is 20.1 Å². The van der Waals surface area contributed by atoms with E-state index in [1.54, 1.807) is 7.11 Å². The third-order valence-electron chi connectivity index (χ3n) is 4.74. The third kappa shape index (κ3) is 5.57. The molecule has 0 aromatic rings. The van der Waals surface area contributed by atoms with E-state index >= 15 is 0 Å². The maximum atomic E-state index is 12.1. The number of carbonyl (C=O) groups is 1. The molecule has 0 spiro atoms. The molecule has 2 N–H and O–H groups in total. The minimum Gasteiger partial charge on any atom is -0.384 e. The van der Waals surface area contributed by atoms with Crippen LogP contribution in [0.2, 0.25) is 0 Å². The van der Waals surface area contributed by atoms with Crippen LogP contribution in [0.4, 0.5) is 0 Å². The summed E-state index contributed by atoms with van der Waals surface area (Å²) in [5.74, 6) is 0.151. The Bertz CT molecular complexity index is 305. The minimum atomic E-state index is 0.108. The van der Waals surface area contributed by atoms with Gasteiger partial charge >= 0.3 is 0 Å². The Labute approximate surface area is 128 Å². The van der Waals surface area contributed by atoms with Crippen molar-refractivity contribution in [1.82, 2.24) is 10.6 Å². The normalized spacial score (nSPS) is 25.5. The van der Waals surface area contributed by atoms with E-state index in [0.29, 0.717) is 6.42 Å². The summed E-state index contributed by atoms with van der Waals surface area (Å²) in [6.07, 6.45) is 7.34. The summed E-state index contributed by atoms with van der Waals surface area (Å²) in [6.45, 7) is 4.33. The molecule has 0 aromatic carbocycles. The number of piperidine rings is 1. The molecule has 1 amide bonds. The quantitative estimate of drug-likeness (QED) is 0.747. The van der Waals surface area contributed by atoms with Crippen molar-refractivity contribution in [2.45, 2.75) is 51.0 Å². The van der Waals surface area contributed by atoms with E-state index in [1.807, 2.05) is 0 Å². The van der Waals surface area contributed by atoms with Gasteiger partial charge in [-0.3, -0.25) is 4.79 Å². The van der Waals surface area contributed by atoms with Gasteiger partial charge in [-0.15, -0.1) is 0 Å². The lowest BCUT2D eigenvalue weighted by atomic mass is 9.79. The van der Waals surface area contributed by atoms with Crippen molar-refractivity contribution in [3.05, 3.63) is 0 Å². The van der Waals surface area contributed by atoms with Crippen molar-refractivity contribution in [3.63, 3.8) is 0 Å². The number of rotatable bonds is 7. The van der Waals surface area contributed by atoms with Gasteiger partial charge in [0.25, 0.3) is 0 Å². The zero-order valence-corrected chi connectivity index (χ0v) is 13.3. The van der Waals surface area contributed by atoms with Crippen LogP contribution in [-0.4, -0.2) is 52.0 Å². The van der Waals surface area contributed by atoms with Crippen LogP contribution in [-0.2, 0) is 14.3 Å². The molecule has 2 aliphatic rings. The third-order valence-corrected chi connectivity index (χ3v) is 4.74. The van der Waals surface area contributed by atoms with Gasteiger partial charge in [-0.1, -0.05) is 0 Å². The molecule has 0 bridgehead atoms. The molecular formula is C16H30N2O3. The molecule has 0 radical (unpaired) electrons. The lowest BCUT2D eigenvalue weighted by Gasteiger charge is -2.37. The SMILES string of the molecule is COCC1(CNC(=O)CCC2CCCCO2)CCNCC1. The number of ether oxygens (including phenoxy) is 2. The zero-order chi connectivity index (χ0) is 15.0. The molecule has 5 nitrogen and oxygen atoms in total. The van der Waals surface area contributed by atoms with Crippen molar-refractivity contribution in [3.8, 4) is 0 Å². The number of hydrogen-bond donors (Lipinski definition) is 2. The summed E-state index contributed by atoms with van der Waals surface area (Å²) >= 11 is 0. The predicted octanol–water partition coefficient (Wildman–Crippen LogP) is 1.47. The van der Waals surface area contributed by atoms with Crippen LogP contribution in [0.3, 0.4) is 0 Å². The Hall–Kier alpha value is -0.650. The highest BCUT2D eigenvalue weighted by Gasteiger charge is 2.32. The van der Waals surface area contributed by atoms with E-state index in [-0.39, 0.29) is 17.4 Å². The molecule has 21 heavy (non-hydrogen) atoms. The molecule has 2 heterocycles. The van der Waals surface area contributed by atoms with Crippen molar-refractivity contribution in [1.29, 1.82) is 0 Å². The van der Waals surface area contributed by atoms with E-state index in [9.17, 15) is 4.79 Å². The summed E-state index contributed by atoms with van der Waals surface area (Å²) in [4.78, 5) is 12.1. The summed E-state index contributed by atoms with van der Waals surface area (Å²) in [7, 11) is 1.74. The molecule has 0 saturated carbocycles. The first kappa shape index (κ1) is 16.7. The van der Waals surface area contributed by atoms with Gasteiger partial charge in [-0.2, -0.15) is 0 Å². The average Bonchev–Trinajstić information content (AvgIpc) is 2.53. The zero-order valence-electron chi connectivity index (χ0n) is 13.3. The second kappa shape index (κ2) is 8.71. The van der Waals surface area contributed by atoms with Gasteiger partial charge in [0, 0.05) is 32.1 Å². The number of carbonyl (C=O) groups excluding carboxylic acids is 1. The monoisotopic (exact) mass is 298 g/mol. The fraction of sp³-hybridized carbons (Fsp3) is 0.938. The molecule has 122 valence electrons. The minimum absolute atomic E-state index is 0.108. The maximum absolute atomic E-state index is 12.1. The highest BCUT2D eigenvalue weighted by Crippen LogP contribution is 2.28. The predicted molar refractivity (Wildman–Crippen MR) is 82.2 cm³/mol. The van der Waals surface area contributed by atoms with E-state index < -0.39 is 0 Å². The summed E-state index contributed by atoms with van der Waals surface area (Å²) < 4.78 is 11.0. The molecule has 5 heteroatoms. The van der Waals surface area contributed by atoms with Crippen LogP contribution in [0, 0.1) is 5.41 Å². The molecule has 2 fully saturated rings. The Balaban J connectivity index is 1.68. The Kier molecular flexibility index (Phi) is 6.93. The van der Waals surface area contributed by atoms with Gasteiger partial charge in [0.1, 0.15) is 0 Å². The van der Waals surface area contributed by atoms with E-state index in [2.05, 4.69) is 10.6 Å². The average molecular weight is 298 g/mol. The molecule has 2 rings (SSSR count). The summed E-state index contributed by atoms with van der Waals surface area (Å²) in [5.41, 5.74) is 0.108. The molecule has 0 aliphatic carbocycles. The van der Waals surface area contributed by atoms with Crippen LogP contribution in [0.1, 0.15) is 44.9 Å². The molecule has 2 aliphatic heterocycles. The standard InChI is InChI=1S/C16H30N2O3/c1-20-13-16(7-9-17-10-8-16)12-18-15(19)6-5-14-4-2-3-11-21-14/h14,17H,2-13H2,1H3,(H,18,19). The van der Waals surface area contributed by atoms with Crippen molar-refractivity contribution in [2.24, 2.45) is 5.41 Å². The van der Waals surface area contributed by atoms with Crippen molar-refractivity contribution < 1.29 is 14.3 Å². The van der Waals surface area contributed by atoms with Crippen molar-refractivity contribution in [2.75, 3.05) is 40.0 Å². The number of nitrogens with one attached hydrogen (secondary N) is 2. The smallest absolute Gasteiger partial charge is 0.220 e. The van der Waals surface area contributed by atoms with Gasteiger partial charge in [-0.25, -0.2) is 0 Å². The topological polar surface area (TPSA) is 59.6 Å². The fourth-order valence-electron chi connectivity index (χ4n) is 3.34. The van der Waals surface area contributed by atoms with Gasteiger partial charge in [0.15, 0.2) is 0 Å².